The van der Waals surface area contributed by atoms with E-state index in [0.29, 0.717) is 40.3 Å². The molecule has 0 radical (unpaired) electrons. The highest BCUT2D eigenvalue weighted by Gasteiger charge is 2.21. The number of nitrogens with zero attached hydrogens (tertiary/aromatic N) is 7. The van der Waals surface area contributed by atoms with Gasteiger partial charge in [0.2, 0.25) is 5.82 Å². The van der Waals surface area contributed by atoms with Crippen molar-refractivity contribution in [2.75, 3.05) is 6.61 Å². The molecule has 0 fully saturated rings. The minimum absolute atomic E-state index is 0.107. The fraction of sp³-hybridized carbons (Fsp3) is 0.391. The third-order valence-corrected chi connectivity index (χ3v) is 7.27. The first-order valence-corrected chi connectivity index (χ1v) is 15.5. The van der Waals surface area contributed by atoms with Gasteiger partial charge in [0.15, 0.2) is 11.9 Å². The molecular weight excluding hydrogens is 502 g/mol. The normalized spacial score (nSPS) is 12.6. The molecule has 13 heteroatoms. The van der Waals surface area contributed by atoms with Crippen LogP contribution in [0.4, 0.5) is 0 Å². The Kier molecular flexibility index (Phi) is 7.67. The van der Waals surface area contributed by atoms with Gasteiger partial charge >= 0.3 is 6.01 Å². The summed E-state index contributed by atoms with van der Waals surface area (Å²) in [6.45, 7) is 9.30. The number of aromatic nitrogens is 7. The van der Waals surface area contributed by atoms with Crippen molar-refractivity contribution in [2.45, 2.75) is 45.4 Å². The Balaban J connectivity index is 1.42. The molecule has 0 amide bonds. The van der Waals surface area contributed by atoms with Crippen LogP contribution in [-0.2, 0) is 18.5 Å². The Hall–Kier alpha value is -3.35. The smallest absolute Gasteiger partial charge is 0.317 e. The molecule has 0 aliphatic carbocycles. The van der Waals surface area contributed by atoms with Crippen LogP contribution in [0.25, 0.3) is 22.8 Å². The second kappa shape index (κ2) is 10.7. The van der Waals surface area contributed by atoms with E-state index in [1.165, 1.54) is 10.7 Å². The van der Waals surface area contributed by atoms with E-state index in [4.69, 9.17) is 25.6 Å². The summed E-state index contributed by atoms with van der Waals surface area (Å²) in [5, 5.41) is 17.0. The zero-order chi connectivity index (χ0) is 25.9. The summed E-state index contributed by atoms with van der Waals surface area (Å²) in [4.78, 5) is 16.9. The molecular formula is C23H28ClN7O4Si. The van der Waals surface area contributed by atoms with Crippen LogP contribution in [0.3, 0.4) is 0 Å². The molecule has 0 aliphatic heterocycles. The first-order valence-electron chi connectivity index (χ1n) is 11.4. The van der Waals surface area contributed by atoms with Crippen LogP contribution < -0.4 is 10.3 Å². The number of benzene rings is 1. The maximum absolute atomic E-state index is 12.5. The molecule has 3 heterocycles. The van der Waals surface area contributed by atoms with Crippen molar-refractivity contribution in [1.82, 2.24) is 34.7 Å². The van der Waals surface area contributed by atoms with Gasteiger partial charge in [0, 0.05) is 43.9 Å². The average Bonchev–Trinajstić information content (AvgIpc) is 3.45. The topological polar surface area (TPSA) is 123 Å². The van der Waals surface area contributed by atoms with Crippen LogP contribution in [0.15, 0.2) is 45.8 Å². The average molecular weight is 530 g/mol. The molecule has 4 rings (SSSR count). The molecule has 190 valence electrons. The van der Waals surface area contributed by atoms with Crippen molar-refractivity contribution in [3.8, 4) is 28.9 Å². The largest absolute Gasteiger partial charge is 0.452 e. The molecule has 0 saturated carbocycles. The van der Waals surface area contributed by atoms with Gasteiger partial charge in [0.05, 0.1) is 6.20 Å². The third kappa shape index (κ3) is 6.25. The van der Waals surface area contributed by atoms with Crippen molar-refractivity contribution in [1.29, 1.82) is 0 Å². The molecule has 1 unspecified atom stereocenters. The van der Waals surface area contributed by atoms with E-state index in [1.807, 2.05) is 6.07 Å². The van der Waals surface area contributed by atoms with E-state index >= 15 is 0 Å². The van der Waals surface area contributed by atoms with Crippen molar-refractivity contribution < 1.29 is 14.0 Å². The molecule has 4 aromatic rings. The lowest BCUT2D eigenvalue weighted by atomic mass is 10.2. The maximum Gasteiger partial charge on any atom is 0.317 e. The highest BCUT2D eigenvalue weighted by Crippen LogP contribution is 2.25. The van der Waals surface area contributed by atoms with E-state index in [1.54, 1.807) is 42.9 Å². The van der Waals surface area contributed by atoms with Crippen molar-refractivity contribution in [3.63, 3.8) is 0 Å². The van der Waals surface area contributed by atoms with Gasteiger partial charge in [-0.2, -0.15) is 10.1 Å². The summed E-state index contributed by atoms with van der Waals surface area (Å²) in [6.07, 6.45) is 0.980. The quantitative estimate of drug-likeness (QED) is 0.219. The highest BCUT2D eigenvalue weighted by atomic mass is 35.5. The van der Waals surface area contributed by atoms with E-state index < -0.39 is 14.2 Å². The minimum atomic E-state index is -1.20. The number of rotatable bonds is 10. The monoisotopic (exact) mass is 529 g/mol. The summed E-state index contributed by atoms with van der Waals surface area (Å²) in [6, 6.07) is 9.82. The van der Waals surface area contributed by atoms with Gasteiger partial charge < -0.3 is 14.0 Å². The van der Waals surface area contributed by atoms with Gasteiger partial charge in [0.1, 0.15) is 6.73 Å². The maximum atomic E-state index is 12.5. The van der Waals surface area contributed by atoms with Gasteiger partial charge in [-0.15, -0.1) is 5.10 Å². The number of ether oxygens (including phenoxy) is 2. The van der Waals surface area contributed by atoms with E-state index in [9.17, 15) is 4.79 Å². The zero-order valence-electron chi connectivity index (χ0n) is 20.8. The predicted molar refractivity (Wildman–Crippen MR) is 136 cm³/mol. The van der Waals surface area contributed by atoms with Gasteiger partial charge in [-0.05, 0) is 31.2 Å². The molecule has 36 heavy (non-hydrogen) atoms. The molecule has 11 nitrogen and oxygen atoms in total. The van der Waals surface area contributed by atoms with E-state index in [0.717, 1.165) is 6.04 Å². The van der Waals surface area contributed by atoms with Crippen LogP contribution in [0.1, 0.15) is 18.9 Å². The Morgan fingerprint density at radius 1 is 1.17 bits per heavy atom. The van der Waals surface area contributed by atoms with Crippen LogP contribution in [0, 0.1) is 0 Å². The van der Waals surface area contributed by atoms with Crippen LogP contribution in [-0.4, -0.2) is 49.4 Å². The summed E-state index contributed by atoms with van der Waals surface area (Å²) in [5.74, 6) is 1.10. The molecule has 0 saturated heterocycles. The lowest BCUT2D eigenvalue weighted by Gasteiger charge is -2.15. The summed E-state index contributed by atoms with van der Waals surface area (Å²) in [5.41, 5.74) is 0.927. The second-order valence-electron chi connectivity index (χ2n) is 9.52. The Morgan fingerprint density at radius 3 is 2.69 bits per heavy atom. The van der Waals surface area contributed by atoms with Gasteiger partial charge in [0.25, 0.3) is 11.4 Å². The highest BCUT2D eigenvalue weighted by molar-refractivity contribution is 6.76. The third-order valence-electron chi connectivity index (χ3n) is 5.33. The Morgan fingerprint density at radius 2 is 1.97 bits per heavy atom. The molecule has 0 bridgehead atoms. The lowest BCUT2D eigenvalue weighted by molar-refractivity contribution is 0.0750. The number of hydrogen-bond acceptors (Lipinski definition) is 9. The molecule has 0 N–H and O–H groups in total. The molecule has 1 atom stereocenters. The van der Waals surface area contributed by atoms with Gasteiger partial charge in [-0.25, -0.2) is 4.68 Å². The second-order valence-corrected chi connectivity index (χ2v) is 15.6. The van der Waals surface area contributed by atoms with Crippen molar-refractivity contribution in [2.24, 2.45) is 7.05 Å². The van der Waals surface area contributed by atoms with Crippen molar-refractivity contribution >= 4 is 19.7 Å². The standard InChI is InChI=1S/C23H28ClN7O4Si/c1-15(20-26-22(35-29-20)16-7-6-8-18(24)11-16)34-23-28-27-21(30(23)2)17-12-19(32)31(25-13-17)14-33-9-10-36(3,4)5/h6-8,11-13,15H,9-10,14H2,1-5H3. The fourth-order valence-electron chi connectivity index (χ4n) is 3.20. The van der Waals surface area contributed by atoms with Crippen molar-refractivity contribution in [3.05, 3.63) is 57.7 Å². The summed E-state index contributed by atoms with van der Waals surface area (Å²) in [7, 11) is 0.535. The Bertz CT molecular complexity index is 1400. The van der Waals surface area contributed by atoms with Crippen LogP contribution in [0.5, 0.6) is 6.01 Å². The molecule has 3 aromatic heterocycles. The predicted octanol–water partition coefficient (Wildman–Crippen LogP) is 4.19. The van der Waals surface area contributed by atoms with Gasteiger partial charge in [-0.3, -0.25) is 9.36 Å². The first kappa shape index (κ1) is 25.7. The first-order chi connectivity index (χ1) is 17.1. The SMILES string of the molecule is CC(Oc1nnc(-c2cnn(COCC[Si](C)(C)C)c(=O)c2)n1C)c1noc(-c2cccc(Cl)c2)n1. The van der Waals surface area contributed by atoms with Crippen LogP contribution >= 0.6 is 11.6 Å². The van der Waals surface area contributed by atoms with E-state index in [2.05, 4.69) is 45.1 Å². The summed E-state index contributed by atoms with van der Waals surface area (Å²) < 4.78 is 19.8. The zero-order valence-corrected chi connectivity index (χ0v) is 22.6. The number of hydrogen-bond donors (Lipinski definition) is 0. The lowest BCUT2D eigenvalue weighted by Crippen LogP contribution is -2.26. The van der Waals surface area contributed by atoms with Crippen LogP contribution in [0.2, 0.25) is 30.7 Å². The Labute approximate surface area is 214 Å². The van der Waals surface area contributed by atoms with Gasteiger partial charge in [-0.1, -0.05) is 47.6 Å². The van der Waals surface area contributed by atoms with E-state index in [-0.39, 0.29) is 18.3 Å². The minimum Gasteiger partial charge on any atom is -0.452 e. The fourth-order valence-corrected chi connectivity index (χ4v) is 4.15. The molecule has 1 aromatic carbocycles. The number of halogens is 1. The summed E-state index contributed by atoms with van der Waals surface area (Å²) >= 11 is 6.04. The molecule has 0 spiro atoms. The molecule has 0 aliphatic rings.